The van der Waals surface area contributed by atoms with Gasteiger partial charge in [-0.1, -0.05) is 6.42 Å². The molecule has 2 aliphatic heterocycles. The van der Waals surface area contributed by atoms with E-state index in [1.165, 1.54) is 45.2 Å². The number of nitrogens with zero attached hydrogens (tertiary/aromatic N) is 2. The molecule has 2 aliphatic rings. The summed E-state index contributed by atoms with van der Waals surface area (Å²) in [4.78, 5) is 2.56. The molecule has 0 radical (unpaired) electrons. The molecule has 2 fully saturated rings. The Labute approximate surface area is 105 Å². The monoisotopic (exact) mass is 260 g/mol. The molecule has 0 spiro atoms. The third kappa shape index (κ3) is 3.93. The lowest BCUT2D eigenvalue weighted by atomic mass is 9.96. The van der Waals surface area contributed by atoms with E-state index in [2.05, 4.69) is 4.90 Å². The lowest BCUT2D eigenvalue weighted by Crippen LogP contribution is -2.42. The van der Waals surface area contributed by atoms with Gasteiger partial charge in [0.15, 0.2) is 0 Å². The zero-order valence-electron chi connectivity index (χ0n) is 10.8. The molecule has 17 heavy (non-hydrogen) atoms. The van der Waals surface area contributed by atoms with Crippen LogP contribution in [0.15, 0.2) is 0 Å². The maximum atomic E-state index is 11.4. The molecule has 2 heterocycles. The Morgan fingerprint density at radius 3 is 2.12 bits per heavy atom. The molecule has 0 unspecified atom stereocenters. The second-order valence-corrected chi connectivity index (χ2v) is 7.45. The van der Waals surface area contributed by atoms with Crippen molar-refractivity contribution in [2.24, 2.45) is 5.92 Å². The molecule has 0 aromatic rings. The zero-order chi connectivity index (χ0) is 12.3. The van der Waals surface area contributed by atoms with E-state index in [0.29, 0.717) is 5.92 Å². The van der Waals surface area contributed by atoms with Crippen LogP contribution in [-0.2, 0) is 10.0 Å². The minimum Gasteiger partial charge on any atom is -0.303 e. The third-order valence-electron chi connectivity index (χ3n) is 4.01. The molecule has 0 N–H and O–H groups in total. The van der Waals surface area contributed by atoms with Gasteiger partial charge in [-0.15, -0.1) is 0 Å². The van der Waals surface area contributed by atoms with Crippen LogP contribution < -0.4 is 0 Å². The highest BCUT2D eigenvalue weighted by Crippen LogP contribution is 2.21. The molecule has 0 amide bonds. The molecule has 0 aromatic heterocycles. The van der Waals surface area contributed by atoms with Crippen LogP contribution in [0.3, 0.4) is 0 Å². The highest BCUT2D eigenvalue weighted by Gasteiger charge is 2.26. The van der Waals surface area contributed by atoms with Crippen LogP contribution in [0.5, 0.6) is 0 Å². The molecule has 0 aromatic carbocycles. The minimum absolute atomic E-state index is 0.700. The first-order chi connectivity index (χ1) is 8.05. The molecule has 5 heteroatoms. The second kappa shape index (κ2) is 5.67. The molecule has 0 bridgehead atoms. The van der Waals surface area contributed by atoms with Crippen molar-refractivity contribution in [1.82, 2.24) is 9.21 Å². The molecule has 0 aliphatic carbocycles. The summed E-state index contributed by atoms with van der Waals surface area (Å²) in [6.07, 6.45) is 7.43. The summed E-state index contributed by atoms with van der Waals surface area (Å²) in [5.74, 6) is 0.700. The summed E-state index contributed by atoms with van der Waals surface area (Å²) in [5, 5.41) is 0. The number of rotatable bonds is 3. The first kappa shape index (κ1) is 13.3. The van der Waals surface area contributed by atoms with Crippen LogP contribution in [0, 0.1) is 5.92 Å². The summed E-state index contributed by atoms with van der Waals surface area (Å²) in [6, 6.07) is 0. The Morgan fingerprint density at radius 1 is 1.00 bits per heavy atom. The van der Waals surface area contributed by atoms with Crippen molar-refractivity contribution in [2.45, 2.75) is 32.1 Å². The molecule has 4 nitrogen and oxygen atoms in total. The van der Waals surface area contributed by atoms with Gasteiger partial charge in [0, 0.05) is 19.6 Å². The second-order valence-electron chi connectivity index (χ2n) is 5.47. The number of hydrogen-bond acceptors (Lipinski definition) is 3. The van der Waals surface area contributed by atoms with Gasteiger partial charge in [-0.25, -0.2) is 12.7 Å². The summed E-state index contributed by atoms with van der Waals surface area (Å²) in [7, 11) is -2.96. The van der Waals surface area contributed by atoms with E-state index in [1.807, 2.05) is 0 Å². The molecule has 100 valence electrons. The lowest BCUT2D eigenvalue weighted by Gasteiger charge is -2.35. The third-order valence-corrected chi connectivity index (χ3v) is 5.31. The van der Waals surface area contributed by atoms with Crippen LogP contribution in [-0.4, -0.2) is 56.6 Å². The summed E-state index contributed by atoms with van der Waals surface area (Å²) in [6.45, 7) is 5.10. The smallest absolute Gasteiger partial charge is 0.211 e. The van der Waals surface area contributed by atoms with Gasteiger partial charge < -0.3 is 4.90 Å². The van der Waals surface area contributed by atoms with Crippen molar-refractivity contribution >= 4 is 10.0 Å². The van der Waals surface area contributed by atoms with Gasteiger partial charge in [-0.05, 0) is 44.7 Å². The van der Waals surface area contributed by atoms with Gasteiger partial charge in [0.2, 0.25) is 10.0 Å². The average Bonchev–Trinajstić information content (AvgIpc) is 2.30. The summed E-state index contributed by atoms with van der Waals surface area (Å²) >= 11 is 0. The Bertz CT molecular complexity index is 328. The predicted molar refractivity (Wildman–Crippen MR) is 69.4 cm³/mol. The van der Waals surface area contributed by atoms with E-state index in [9.17, 15) is 8.42 Å². The molecule has 2 rings (SSSR count). The van der Waals surface area contributed by atoms with E-state index < -0.39 is 10.0 Å². The zero-order valence-corrected chi connectivity index (χ0v) is 11.6. The van der Waals surface area contributed by atoms with E-state index in [1.54, 1.807) is 4.31 Å². The van der Waals surface area contributed by atoms with E-state index >= 15 is 0 Å². The fraction of sp³-hybridized carbons (Fsp3) is 1.00. The highest BCUT2D eigenvalue weighted by atomic mass is 32.2. The van der Waals surface area contributed by atoms with Crippen molar-refractivity contribution in [3.63, 3.8) is 0 Å². The standard InChI is InChI=1S/C12H24N2O2S/c1-17(15,16)14-9-5-12(6-10-14)11-13-7-3-2-4-8-13/h12H,2-11H2,1H3. The Balaban J connectivity index is 1.75. The Kier molecular flexibility index (Phi) is 4.44. The van der Waals surface area contributed by atoms with Gasteiger partial charge in [-0.2, -0.15) is 0 Å². The van der Waals surface area contributed by atoms with Crippen molar-refractivity contribution < 1.29 is 8.42 Å². The van der Waals surface area contributed by atoms with Gasteiger partial charge >= 0.3 is 0 Å². The number of sulfonamides is 1. The lowest BCUT2D eigenvalue weighted by molar-refractivity contribution is 0.161. The number of piperidine rings is 2. The Hall–Kier alpha value is -0.130. The van der Waals surface area contributed by atoms with E-state index in [4.69, 9.17) is 0 Å². The Morgan fingerprint density at radius 2 is 1.59 bits per heavy atom. The first-order valence-corrected chi connectivity index (χ1v) is 8.58. The van der Waals surface area contributed by atoms with Crippen LogP contribution in [0.2, 0.25) is 0 Å². The normalized spacial score (nSPS) is 26.2. The van der Waals surface area contributed by atoms with Gasteiger partial charge in [0.1, 0.15) is 0 Å². The SMILES string of the molecule is CS(=O)(=O)N1CCC(CN2CCCCC2)CC1. The fourth-order valence-electron chi connectivity index (χ4n) is 2.93. The topological polar surface area (TPSA) is 40.6 Å². The summed E-state index contributed by atoms with van der Waals surface area (Å²) < 4.78 is 24.4. The highest BCUT2D eigenvalue weighted by molar-refractivity contribution is 7.88. The van der Waals surface area contributed by atoms with E-state index in [-0.39, 0.29) is 0 Å². The molecule has 0 atom stereocenters. The van der Waals surface area contributed by atoms with Crippen LogP contribution >= 0.6 is 0 Å². The van der Waals surface area contributed by atoms with Crippen molar-refractivity contribution in [2.75, 3.05) is 39.0 Å². The van der Waals surface area contributed by atoms with Gasteiger partial charge in [0.05, 0.1) is 6.26 Å². The number of hydrogen-bond donors (Lipinski definition) is 0. The van der Waals surface area contributed by atoms with Crippen molar-refractivity contribution in [1.29, 1.82) is 0 Å². The summed E-state index contributed by atoms with van der Waals surface area (Å²) in [5.41, 5.74) is 0. The first-order valence-electron chi connectivity index (χ1n) is 6.73. The van der Waals surface area contributed by atoms with Crippen LogP contribution in [0.25, 0.3) is 0 Å². The van der Waals surface area contributed by atoms with Gasteiger partial charge in [-0.3, -0.25) is 0 Å². The largest absolute Gasteiger partial charge is 0.303 e. The molecular weight excluding hydrogens is 236 g/mol. The molecule has 0 saturated carbocycles. The molecule has 2 saturated heterocycles. The van der Waals surface area contributed by atoms with Gasteiger partial charge in [0.25, 0.3) is 0 Å². The predicted octanol–water partition coefficient (Wildman–Crippen LogP) is 1.14. The molecular formula is C12H24N2O2S. The van der Waals surface area contributed by atoms with Crippen molar-refractivity contribution in [3.8, 4) is 0 Å². The van der Waals surface area contributed by atoms with Crippen molar-refractivity contribution in [3.05, 3.63) is 0 Å². The van der Waals surface area contributed by atoms with Crippen LogP contribution in [0.1, 0.15) is 32.1 Å². The number of likely N-dealkylation sites (tertiary alicyclic amines) is 1. The maximum Gasteiger partial charge on any atom is 0.211 e. The quantitative estimate of drug-likeness (QED) is 0.764. The average molecular weight is 260 g/mol. The van der Waals surface area contributed by atoms with E-state index in [0.717, 1.165) is 25.9 Å². The maximum absolute atomic E-state index is 11.4. The fourth-order valence-corrected chi connectivity index (χ4v) is 3.80. The van der Waals surface area contributed by atoms with Crippen LogP contribution in [0.4, 0.5) is 0 Å². The minimum atomic E-state index is -2.96.